The fourth-order valence-corrected chi connectivity index (χ4v) is 4.87. The highest BCUT2D eigenvalue weighted by Crippen LogP contribution is 2.46. The summed E-state index contributed by atoms with van der Waals surface area (Å²) in [6.07, 6.45) is 9.58. The van der Waals surface area contributed by atoms with Crippen molar-refractivity contribution < 1.29 is 13.9 Å². The van der Waals surface area contributed by atoms with Gasteiger partial charge in [-0.3, -0.25) is 9.69 Å². The van der Waals surface area contributed by atoms with Gasteiger partial charge in [-0.15, -0.1) is 0 Å². The molecule has 5 rings (SSSR count). The zero-order valence-corrected chi connectivity index (χ0v) is 16.9. The van der Waals surface area contributed by atoms with Gasteiger partial charge in [0.05, 0.1) is 12.5 Å². The lowest BCUT2D eigenvalue weighted by molar-refractivity contribution is -0.122. The van der Waals surface area contributed by atoms with E-state index in [1.807, 2.05) is 18.4 Å². The summed E-state index contributed by atoms with van der Waals surface area (Å²) < 4.78 is 11.8. The van der Waals surface area contributed by atoms with Crippen molar-refractivity contribution in [2.75, 3.05) is 19.6 Å². The molecular formula is C24H30N2O3. The zero-order chi connectivity index (χ0) is 19.7. The number of carbonyl (C=O) groups is 1. The van der Waals surface area contributed by atoms with E-state index in [9.17, 15) is 4.79 Å². The second kappa shape index (κ2) is 7.86. The smallest absolute Gasteiger partial charge is 0.220 e. The molecule has 29 heavy (non-hydrogen) atoms. The van der Waals surface area contributed by atoms with Crippen LogP contribution in [0.15, 0.2) is 47.3 Å². The molecule has 2 fully saturated rings. The first-order valence-corrected chi connectivity index (χ1v) is 11.0. The Balaban J connectivity index is 1.26. The van der Waals surface area contributed by atoms with Gasteiger partial charge < -0.3 is 14.5 Å². The van der Waals surface area contributed by atoms with Crippen molar-refractivity contribution in [3.8, 4) is 5.75 Å². The molecular weight excluding hydrogens is 364 g/mol. The normalized spacial score (nSPS) is 23.4. The summed E-state index contributed by atoms with van der Waals surface area (Å²) in [5, 5.41) is 3.15. The number of piperidine rings is 1. The number of fused-ring (bicyclic) bond motifs is 1. The Hall–Kier alpha value is -2.27. The molecule has 154 valence electrons. The molecule has 1 saturated carbocycles. The van der Waals surface area contributed by atoms with Gasteiger partial charge in [0.15, 0.2) is 0 Å². The van der Waals surface area contributed by atoms with Crippen LogP contribution in [0.3, 0.4) is 0 Å². The molecule has 1 aromatic heterocycles. The Labute approximate surface area is 172 Å². The van der Waals surface area contributed by atoms with Gasteiger partial charge in [-0.2, -0.15) is 0 Å². The molecule has 0 unspecified atom stereocenters. The number of ether oxygens (including phenoxy) is 1. The fraction of sp³-hybridized carbons (Fsp3) is 0.542. The lowest BCUT2D eigenvalue weighted by atomic mass is 9.76. The van der Waals surface area contributed by atoms with Crippen LogP contribution in [-0.4, -0.2) is 36.0 Å². The SMILES string of the molecule is O=C(C[C@@H]1CC2(CCN(Cc3ccoc3)CC2)Oc2ccccc21)NCC1CC1. The van der Waals surface area contributed by atoms with Crippen molar-refractivity contribution >= 4 is 5.91 Å². The van der Waals surface area contributed by atoms with Gasteiger partial charge in [-0.25, -0.2) is 0 Å². The molecule has 2 aromatic rings. The standard InChI is InChI=1S/C24H30N2O3/c27-23(25-15-18-5-6-18)13-20-14-24(29-22-4-2-1-3-21(20)22)8-10-26(11-9-24)16-19-7-12-28-17-19/h1-4,7,12,17-18,20H,5-6,8-11,13-16H2,(H,25,27)/t20-/m1/s1. The summed E-state index contributed by atoms with van der Waals surface area (Å²) in [6, 6.07) is 10.3. The van der Waals surface area contributed by atoms with Crippen LogP contribution in [0.1, 0.15) is 55.6 Å². The average Bonchev–Trinajstić information content (AvgIpc) is 3.43. The Morgan fingerprint density at radius 3 is 2.76 bits per heavy atom. The van der Waals surface area contributed by atoms with Crippen molar-refractivity contribution in [1.29, 1.82) is 0 Å². The van der Waals surface area contributed by atoms with E-state index in [0.29, 0.717) is 12.3 Å². The molecule has 1 aliphatic carbocycles. The quantitative estimate of drug-likeness (QED) is 0.802. The highest BCUT2D eigenvalue weighted by atomic mass is 16.5. The number of hydrogen-bond donors (Lipinski definition) is 1. The summed E-state index contributed by atoms with van der Waals surface area (Å²) in [7, 11) is 0. The molecule has 5 heteroatoms. The van der Waals surface area contributed by atoms with Crippen molar-refractivity contribution in [2.45, 2.75) is 56.6 Å². The number of para-hydroxylation sites is 1. The molecule has 0 radical (unpaired) electrons. The second-order valence-electron chi connectivity index (χ2n) is 9.08. The minimum Gasteiger partial charge on any atom is -0.487 e. The van der Waals surface area contributed by atoms with E-state index < -0.39 is 0 Å². The number of furan rings is 1. The van der Waals surface area contributed by atoms with E-state index in [2.05, 4.69) is 28.4 Å². The van der Waals surface area contributed by atoms with Gasteiger partial charge in [-0.05, 0) is 55.7 Å². The molecule has 0 bridgehead atoms. The van der Waals surface area contributed by atoms with Crippen LogP contribution in [-0.2, 0) is 11.3 Å². The Kier molecular flexibility index (Phi) is 5.08. The number of nitrogens with one attached hydrogen (secondary N) is 1. The molecule has 1 atom stereocenters. The van der Waals surface area contributed by atoms with Gasteiger partial charge in [0.1, 0.15) is 11.4 Å². The van der Waals surface area contributed by atoms with E-state index in [0.717, 1.165) is 51.2 Å². The summed E-state index contributed by atoms with van der Waals surface area (Å²) in [5.41, 5.74) is 2.27. The minimum absolute atomic E-state index is 0.150. The molecule has 3 heterocycles. The van der Waals surface area contributed by atoms with Gasteiger partial charge in [0, 0.05) is 44.1 Å². The first-order valence-electron chi connectivity index (χ1n) is 11.0. The third-order valence-electron chi connectivity index (χ3n) is 6.77. The molecule has 1 saturated heterocycles. The summed E-state index contributed by atoms with van der Waals surface area (Å²) in [6.45, 7) is 3.79. The van der Waals surface area contributed by atoms with Crippen molar-refractivity contribution in [1.82, 2.24) is 10.2 Å². The number of rotatable bonds is 6. The van der Waals surface area contributed by atoms with Gasteiger partial charge in [0.2, 0.25) is 5.91 Å². The van der Waals surface area contributed by atoms with Gasteiger partial charge >= 0.3 is 0 Å². The number of nitrogens with zero attached hydrogens (tertiary/aromatic N) is 1. The maximum atomic E-state index is 12.6. The topological polar surface area (TPSA) is 54.7 Å². The van der Waals surface area contributed by atoms with Crippen LogP contribution in [0.4, 0.5) is 0 Å². The number of carbonyl (C=O) groups excluding carboxylic acids is 1. The Morgan fingerprint density at radius 2 is 2.00 bits per heavy atom. The van der Waals surface area contributed by atoms with Crippen LogP contribution in [0.25, 0.3) is 0 Å². The fourth-order valence-electron chi connectivity index (χ4n) is 4.87. The van der Waals surface area contributed by atoms with E-state index in [1.54, 1.807) is 6.26 Å². The summed E-state index contributed by atoms with van der Waals surface area (Å²) in [4.78, 5) is 15.1. The molecule has 1 aromatic carbocycles. The second-order valence-corrected chi connectivity index (χ2v) is 9.08. The first kappa shape index (κ1) is 18.7. The van der Waals surface area contributed by atoms with E-state index >= 15 is 0 Å². The van der Waals surface area contributed by atoms with Crippen LogP contribution in [0.5, 0.6) is 5.75 Å². The van der Waals surface area contributed by atoms with Crippen molar-refractivity contribution in [2.24, 2.45) is 5.92 Å². The summed E-state index contributed by atoms with van der Waals surface area (Å²) >= 11 is 0. The average molecular weight is 395 g/mol. The lowest BCUT2D eigenvalue weighted by Crippen LogP contribution is -2.50. The molecule has 1 amide bonds. The van der Waals surface area contributed by atoms with E-state index in [4.69, 9.17) is 9.15 Å². The first-order chi connectivity index (χ1) is 14.2. The van der Waals surface area contributed by atoms with Crippen LogP contribution >= 0.6 is 0 Å². The van der Waals surface area contributed by atoms with E-state index in [-0.39, 0.29) is 17.4 Å². The molecule has 3 aliphatic rings. The molecule has 1 spiro atoms. The van der Waals surface area contributed by atoms with Crippen LogP contribution in [0.2, 0.25) is 0 Å². The molecule has 5 nitrogen and oxygen atoms in total. The third-order valence-corrected chi connectivity index (χ3v) is 6.77. The number of likely N-dealkylation sites (tertiary alicyclic amines) is 1. The lowest BCUT2D eigenvalue weighted by Gasteiger charge is -2.47. The van der Waals surface area contributed by atoms with E-state index in [1.165, 1.54) is 24.0 Å². The number of hydrogen-bond acceptors (Lipinski definition) is 4. The third kappa shape index (κ3) is 4.35. The predicted molar refractivity (Wildman–Crippen MR) is 111 cm³/mol. The number of amides is 1. The maximum absolute atomic E-state index is 12.6. The van der Waals surface area contributed by atoms with Crippen LogP contribution < -0.4 is 10.1 Å². The highest BCUT2D eigenvalue weighted by Gasteiger charge is 2.43. The minimum atomic E-state index is -0.150. The Bertz CT molecular complexity index is 836. The maximum Gasteiger partial charge on any atom is 0.220 e. The monoisotopic (exact) mass is 394 g/mol. The molecule has 1 N–H and O–H groups in total. The van der Waals surface area contributed by atoms with Crippen molar-refractivity contribution in [3.63, 3.8) is 0 Å². The Morgan fingerprint density at radius 1 is 1.17 bits per heavy atom. The highest BCUT2D eigenvalue weighted by molar-refractivity contribution is 5.77. The van der Waals surface area contributed by atoms with Gasteiger partial charge in [0.25, 0.3) is 0 Å². The largest absolute Gasteiger partial charge is 0.487 e. The number of benzene rings is 1. The zero-order valence-electron chi connectivity index (χ0n) is 16.9. The molecule has 2 aliphatic heterocycles. The summed E-state index contributed by atoms with van der Waals surface area (Å²) in [5.74, 6) is 2.11. The predicted octanol–water partition coefficient (Wildman–Crippen LogP) is 4.10. The van der Waals surface area contributed by atoms with Crippen molar-refractivity contribution in [3.05, 3.63) is 54.0 Å². The van der Waals surface area contributed by atoms with Gasteiger partial charge in [-0.1, -0.05) is 18.2 Å². The van der Waals surface area contributed by atoms with Crippen LogP contribution in [0, 0.1) is 5.92 Å².